The van der Waals surface area contributed by atoms with E-state index in [1.165, 1.54) is 4.88 Å². The van der Waals surface area contributed by atoms with Gasteiger partial charge in [-0.25, -0.2) is 9.97 Å². The molecule has 0 amide bonds. The third-order valence-corrected chi connectivity index (χ3v) is 4.28. The molecule has 0 aliphatic heterocycles. The lowest BCUT2D eigenvalue weighted by Crippen LogP contribution is -1.92. The van der Waals surface area contributed by atoms with Crippen molar-refractivity contribution < 1.29 is 5.11 Å². The first kappa shape index (κ1) is 12.9. The van der Waals surface area contributed by atoms with E-state index in [0.29, 0.717) is 5.82 Å². The lowest BCUT2D eigenvalue weighted by Gasteiger charge is -2.04. The highest BCUT2D eigenvalue weighted by Gasteiger charge is 2.06. The summed E-state index contributed by atoms with van der Waals surface area (Å²) >= 11 is 1.68. The van der Waals surface area contributed by atoms with Crippen molar-refractivity contribution in [2.24, 2.45) is 0 Å². The number of pyridine rings is 1. The monoisotopic (exact) mass is 305 g/mol. The molecule has 3 heterocycles. The topological polar surface area (TPSA) is 58.9 Å². The summed E-state index contributed by atoms with van der Waals surface area (Å²) in [6, 6.07) is 13.0. The van der Waals surface area contributed by atoms with Gasteiger partial charge in [0, 0.05) is 22.2 Å². The molecule has 0 saturated carbocycles. The minimum Gasteiger partial charge on any atom is -0.508 e. The molecule has 4 nitrogen and oxygen atoms in total. The molecular formula is C17H11N3OS. The summed E-state index contributed by atoms with van der Waals surface area (Å²) in [4.78, 5) is 14.5. The molecule has 0 atom stereocenters. The lowest BCUT2D eigenvalue weighted by atomic mass is 10.2. The normalized spacial score (nSPS) is 10.9. The predicted octanol–water partition coefficient (Wildman–Crippen LogP) is 4.13. The molecule has 0 unspecified atom stereocenters. The van der Waals surface area contributed by atoms with Crippen LogP contribution in [0.3, 0.4) is 0 Å². The number of nitrogens with zero attached hydrogens (tertiary/aromatic N) is 3. The molecule has 5 heteroatoms. The predicted molar refractivity (Wildman–Crippen MR) is 87.7 cm³/mol. The first-order valence-electron chi connectivity index (χ1n) is 6.76. The van der Waals surface area contributed by atoms with Crippen molar-refractivity contribution in [3.05, 3.63) is 60.2 Å². The van der Waals surface area contributed by atoms with Crippen molar-refractivity contribution in [3.63, 3.8) is 0 Å². The van der Waals surface area contributed by atoms with Crippen LogP contribution in [0.4, 0.5) is 0 Å². The number of benzene rings is 1. The molecule has 0 bridgehead atoms. The van der Waals surface area contributed by atoms with Gasteiger partial charge in [-0.05, 0) is 41.8 Å². The second-order valence-corrected chi connectivity index (χ2v) is 5.79. The summed E-state index contributed by atoms with van der Waals surface area (Å²) in [7, 11) is 0. The van der Waals surface area contributed by atoms with Gasteiger partial charge in [-0.2, -0.15) is 0 Å². The van der Waals surface area contributed by atoms with E-state index in [1.807, 2.05) is 23.7 Å². The van der Waals surface area contributed by atoms with E-state index in [0.717, 1.165) is 22.2 Å². The number of thiophene rings is 1. The summed E-state index contributed by atoms with van der Waals surface area (Å²) in [6.07, 6.45) is 3.57. The number of fused-ring (bicyclic) bond motifs is 1. The maximum Gasteiger partial charge on any atom is 0.159 e. The maximum atomic E-state index is 9.37. The largest absolute Gasteiger partial charge is 0.508 e. The van der Waals surface area contributed by atoms with E-state index in [1.54, 1.807) is 41.8 Å². The van der Waals surface area contributed by atoms with Crippen LogP contribution < -0.4 is 0 Å². The van der Waals surface area contributed by atoms with Crippen LogP contribution in [0.5, 0.6) is 5.75 Å². The average Bonchev–Trinajstić information content (AvgIpc) is 3.09. The fourth-order valence-electron chi connectivity index (χ4n) is 2.25. The summed E-state index contributed by atoms with van der Waals surface area (Å²) in [5.74, 6) is 0.851. The Bertz CT molecular complexity index is 934. The van der Waals surface area contributed by atoms with Crippen molar-refractivity contribution >= 4 is 22.4 Å². The molecule has 22 heavy (non-hydrogen) atoms. The van der Waals surface area contributed by atoms with Gasteiger partial charge in [0.2, 0.25) is 0 Å². The van der Waals surface area contributed by atoms with Gasteiger partial charge < -0.3 is 5.11 Å². The van der Waals surface area contributed by atoms with E-state index >= 15 is 0 Å². The van der Waals surface area contributed by atoms with Gasteiger partial charge >= 0.3 is 0 Å². The maximum absolute atomic E-state index is 9.37. The van der Waals surface area contributed by atoms with E-state index in [4.69, 9.17) is 0 Å². The number of hydrogen-bond acceptors (Lipinski definition) is 5. The van der Waals surface area contributed by atoms with Crippen LogP contribution in [0.25, 0.3) is 32.9 Å². The number of aromatic hydroxyl groups is 1. The van der Waals surface area contributed by atoms with Gasteiger partial charge in [-0.3, -0.25) is 4.98 Å². The average molecular weight is 305 g/mol. The molecule has 1 aromatic carbocycles. The van der Waals surface area contributed by atoms with Gasteiger partial charge in [0.1, 0.15) is 11.3 Å². The zero-order chi connectivity index (χ0) is 14.9. The molecular weight excluding hydrogens is 294 g/mol. The third kappa shape index (κ3) is 2.31. The molecule has 4 rings (SSSR count). The lowest BCUT2D eigenvalue weighted by molar-refractivity contribution is 0.475. The Morgan fingerprint density at radius 1 is 0.864 bits per heavy atom. The minimum atomic E-state index is 0.228. The van der Waals surface area contributed by atoms with Gasteiger partial charge in [0.15, 0.2) is 5.82 Å². The smallest absolute Gasteiger partial charge is 0.159 e. The van der Waals surface area contributed by atoms with Crippen molar-refractivity contribution in [3.8, 4) is 27.6 Å². The van der Waals surface area contributed by atoms with Crippen molar-refractivity contribution in [2.45, 2.75) is 0 Å². The molecule has 0 saturated heterocycles. The zero-order valence-electron chi connectivity index (χ0n) is 11.5. The van der Waals surface area contributed by atoms with Crippen molar-refractivity contribution in [2.75, 3.05) is 0 Å². The highest BCUT2D eigenvalue weighted by molar-refractivity contribution is 7.13. The number of rotatable bonds is 2. The number of phenolic OH excluding ortho intramolecular Hbond substituents is 1. The molecule has 1 N–H and O–H groups in total. The fraction of sp³-hybridized carbons (Fsp3) is 0. The van der Waals surface area contributed by atoms with Crippen LogP contribution in [-0.4, -0.2) is 20.1 Å². The SMILES string of the molecule is Oc1ccc(-c2ncc3ncc(-c4cccs4)cc3n2)cc1. The van der Waals surface area contributed by atoms with Gasteiger partial charge in [-0.15, -0.1) is 11.3 Å². The van der Waals surface area contributed by atoms with Crippen LogP contribution in [0, 0.1) is 0 Å². The molecule has 106 valence electrons. The summed E-state index contributed by atoms with van der Waals surface area (Å²) in [5.41, 5.74) is 3.49. The van der Waals surface area contributed by atoms with E-state index < -0.39 is 0 Å². The first-order valence-corrected chi connectivity index (χ1v) is 7.64. The fourth-order valence-corrected chi connectivity index (χ4v) is 2.95. The summed E-state index contributed by atoms with van der Waals surface area (Å²) < 4.78 is 0. The Balaban J connectivity index is 1.83. The van der Waals surface area contributed by atoms with Crippen LogP contribution in [0.2, 0.25) is 0 Å². The summed E-state index contributed by atoms with van der Waals surface area (Å²) in [6.45, 7) is 0. The first-order chi connectivity index (χ1) is 10.8. The van der Waals surface area contributed by atoms with Crippen LogP contribution in [0.15, 0.2) is 60.2 Å². The molecule has 0 spiro atoms. The number of hydrogen-bond donors (Lipinski definition) is 1. The highest BCUT2D eigenvalue weighted by Crippen LogP contribution is 2.27. The second kappa shape index (κ2) is 5.20. The third-order valence-electron chi connectivity index (χ3n) is 3.36. The molecule has 0 fully saturated rings. The second-order valence-electron chi connectivity index (χ2n) is 4.85. The number of phenols is 1. The standard InChI is InChI=1S/C17H11N3OS/c21-13-5-3-11(4-6-13)17-19-10-15-14(20-17)8-12(9-18-15)16-2-1-7-22-16/h1-10,21H. The molecule has 3 aromatic heterocycles. The van der Waals surface area contributed by atoms with E-state index in [-0.39, 0.29) is 5.75 Å². The summed E-state index contributed by atoms with van der Waals surface area (Å²) in [5, 5.41) is 11.4. The molecule has 0 aliphatic rings. The van der Waals surface area contributed by atoms with E-state index in [2.05, 4.69) is 21.0 Å². The Morgan fingerprint density at radius 3 is 2.50 bits per heavy atom. The van der Waals surface area contributed by atoms with Crippen molar-refractivity contribution in [1.29, 1.82) is 0 Å². The van der Waals surface area contributed by atoms with Gasteiger partial charge in [0.25, 0.3) is 0 Å². The van der Waals surface area contributed by atoms with Crippen LogP contribution >= 0.6 is 11.3 Å². The Labute approximate surface area is 130 Å². The number of aromatic nitrogens is 3. The highest BCUT2D eigenvalue weighted by atomic mass is 32.1. The Kier molecular flexibility index (Phi) is 3.05. The zero-order valence-corrected chi connectivity index (χ0v) is 12.3. The van der Waals surface area contributed by atoms with Gasteiger partial charge in [0.05, 0.1) is 11.7 Å². The molecule has 4 aromatic rings. The minimum absolute atomic E-state index is 0.228. The molecule has 0 aliphatic carbocycles. The van der Waals surface area contributed by atoms with E-state index in [9.17, 15) is 5.11 Å². The van der Waals surface area contributed by atoms with Crippen LogP contribution in [0.1, 0.15) is 0 Å². The van der Waals surface area contributed by atoms with Gasteiger partial charge in [-0.1, -0.05) is 6.07 Å². The quantitative estimate of drug-likeness (QED) is 0.605. The van der Waals surface area contributed by atoms with Crippen molar-refractivity contribution in [1.82, 2.24) is 15.0 Å². The Morgan fingerprint density at radius 2 is 1.73 bits per heavy atom. The van der Waals surface area contributed by atoms with Crippen LogP contribution in [-0.2, 0) is 0 Å². The molecule has 0 radical (unpaired) electrons. The Hall–Kier alpha value is -2.79.